The summed E-state index contributed by atoms with van der Waals surface area (Å²) >= 11 is 6.00. The van der Waals surface area contributed by atoms with Crippen molar-refractivity contribution >= 4 is 23.5 Å². The van der Waals surface area contributed by atoms with Gasteiger partial charge in [-0.1, -0.05) is 54.1 Å². The average Bonchev–Trinajstić information content (AvgIpc) is 3.39. The van der Waals surface area contributed by atoms with Gasteiger partial charge >= 0.3 is 5.97 Å². The third kappa shape index (κ3) is 3.23. The third-order valence-electron chi connectivity index (χ3n) is 5.89. The van der Waals surface area contributed by atoms with Crippen molar-refractivity contribution in [1.82, 2.24) is 4.90 Å². The van der Waals surface area contributed by atoms with Crippen LogP contribution in [0.4, 0.5) is 0 Å². The molecular weight excluding hydrogens is 362 g/mol. The van der Waals surface area contributed by atoms with E-state index in [2.05, 4.69) is 0 Å². The van der Waals surface area contributed by atoms with Crippen LogP contribution in [0.3, 0.4) is 0 Å². The molecule has 0 N–H and O–H groups in total. The van der Waals surface area contributed by atoms with Crippen LogP contribution in [0.5, 0.6) is 0 Å². The molecule has 1 aliphatic carbocycles. The second-order valence-corrected chi connectivity index (χ2v) is 7.88. The van der Waals surface area contributed by atoms with Gasteiger partial charge in [-0.15, -0.1) is 0 Å². The molecule has 2 aromatic rings. The number of esters is 1. The molecule has 4 rings (SSSR count). The molecule has 0 aromatic heterocycles. The number of carbonyl (C=O) groups is 2. The molecule has 1 saturated carbocycles. The number of amides is 1. The molecule has 27 heavy (non-hydrogen) atoms. The standard InChI is InChI=1S/C22H22ClNO3/c1-27-20(25)19-14-24(13-18(19)15-5-3-2-4-6-15)21(26)22(11-12-22)16-7-9-17(23)10-8-16/h2-10,18-19H,11-14H2,1H3/t18-,19+/m0/s1. The number of hydrogen-bond donors (Lipinski definition) is 0. The minimum Gasteiger partial charge on any atom is -0.469 e. The summed E-state index contributed by atoms with van der Waals surface area (Å²) in [6.07, 6.45) is 1.67. The van der Waals surface area contributed by atoms with E-state index in [0.717, 1.165) is 24.0 Å². The van der Waals surface area contributed by atoms with Crippen molar-refractivity contribution in [2.45, 2.75) is 24.2 Å². The Labute approximate surface area is 164 Å². The van der Waals surface area contributed by atoms with Gasteiger partial charge in [-0.25, -0.2) is 0 Å². The average molecular weight is 384 g/mol. The quantitative estimate of drug-likeness (QED) is 0.755. The van der Waals surface area contributed by atoms with Crippen molar-refractivity contribution in [2.24, 2.45) is 5.92 Å². The summed E-state index contributed by atoms with van der Waals surface area (Å²) in [5.41, 5.74) is 1.62. The lowest BCUT2D eigenvalue weighted by molar-refractivity contribution is -0.145. The van der Waals surface area contributed by atoms with E-state index >= 15 is 0 Å². The Morgan fingerprint density at radius 2 is 1.70 bits per heavy atom. The molecule has 2 aliphatic rings. The number of benzene rings is 2. The van der Waals surface area contributed by atoms with Crippen LogP contribution in [0.15, 0.2) is 54.6 Å². The van der Waals surface area contributed by atoms with E-state index in [-0.39, 0.29) is 23.7 Å². The van der Waals surface area contributed by atoms with Crippen LogP contribution >= 0.6 is 11.6 Å². The maximum absolute atomic E-state index is 13.4. The Kier molecular flexibility index (Phi) is 4.68. The lowest BCUT2D eigenvalue weighted by Crippen LogP contribution is -2.38. The highest BCUT2D eigenvalue weighted by atomic mass is 35.5. The fourth-order valence-corrected chi connectivity index (χ4v) is 4.35. The number of carbonyl (C=O) groups excluding carboxylic acids is 2. The molecule has 1 aliphatic heterocycles. The van der Waals surface area contributed by atoms with Crippen molar-refractivity contribution in [3.63, 3.8) is 0 Å². The molecule has 5 heteroatoms. The summed E-state index contributed by atoms with van der Waals surface area (Å²) < 4.78 is 5.02. The number of likely N-dealkylation sites (tertiary alicyclic amines) is 1. The summed E-state index contributed by atoms with van der Waals surface area (Å²) in [5, 5.41) is 0.665. The monoisotopic (exact) mass is 383 g/mol. The van der Waals surface area contributed by atoms with Crippen LogP contribution in [-0.4, -0.2) is 37.0 Å². The van der Waals surface area contributed by atoms with E-state index in [9.17, 15) is 9.59 Å². The van der Waals surface area contributed by atoms with E-state index in [1.165, 1.54) is 7.11 Å². The van der Waals surface area contributed by atoms with Gasteiger partial charge in [0.15, 0.2) is 0 Å². The first-order valence-electron chi connectivity index (χ1n) is 9.23. The molecule has 4 nitrogen and oxygen atoms in total. The predicted octanol–water partition coefficient (Wildman–Crippen LogP) is 3.79. The summed E-state index contributed by atoms with van der Waals surface area (Å²) in [7, 11) is 1.41. The van der Waals surface area contributed by atoms with Gasteiger partial charge in [0.25, 0.3) is 0 Å². The van der Waals surface area contributed by atoms with Crippen LogP contribution in [0.25, 0.3) is 0 Å². The number of halogens is 1. The maximum Gasteiger partial charge on any atom is 0.311 e. The smallest absolute Gasteiger partial charge is 0.311 e. The van der Waals surface area contributed by atoms with Crippen molar-refractivity contribution in [1.29, 1.82) is 0 Å². The van der Waals surface area contributed by atoms with Crippen molar-refractivity contribution < 1.29 is 14.3 Å². The van der Waals surface area contributed by atoms with E-state index in [1.807, 2.05) is 59.5 Å². The maximum atomic E-state index is 13.4. The molecular formula is C22H22ClNO3. The Bertz CT molecular complexity index is 846. The first kappa shape index (κ1) is 18.1. The zero-order valence-corrected chi connectivity index (χ0v) is 16.0. The van der Waals surface area contributed by atoms with Crippen LogP contribution in [0.2, 0.25) is 5.02 Å². The Morgan fingerprint density at radius 3 is 2.30 bits per heavy atom. The minimum absolute atomic E-state index is 0.0383. The van der Waals surface area contributed by atoms with E-state index in [4.69, 9.17) is 16.3 Å². The number of methoxy groups -OCH3 is 1. The van der Waals surface area contributed by atoms with E-state index in [1.54, 1.807) is 0 Å². The fourth-order valence-electron chi connectivity index (χ4n) is 4.22. The molecule has 1 amide bonds. The Morgan fingerprint density at radius 1 is 1.04 bits per heavy atom. The van der Waals surface area contributed by atoms with Gasteiger partial charge in [-0.2, -0.15) is 0 Å². The topological polar surface area (TPSA) is 46.6 Å². The van der Waals surface area contributed by atoms with Gasteiger partial charge in [0, 0.05) is 24.0 Å². The molecule has 2 atom stereocenters. The zero-order chi connectivity index (χ0) is 19.0. The van der Waals surface area contributed by atoms with Crippen molar-refractivity contribution in [2.75, 3.05) is 20.2 Å². The van der Waals surface area contributed by atoms with Crippen molar-refractivity contribution in [3.8, 4) is 0 Å². The van der Waals surface area contributed by atoms with E-state index < -0.39 is 5.41 Å². The van der Waals surface area contributed by atoms with Crippen LogP contribution in [-0.2, 0) is 19.7 Å². The molecule has 0 spiro atoms. The second-order valence-electron chi connectivity index (χ2n) is 7.45. The first-order chi connectivity index (χ1) is 13.0. The fraction of sp³-hybridized carbons (Fsp3) is 0.364. The third-order valence-corrected chi connectivity index (χ3v) is 6.15. The van der Waals surface area contributed by atoms with Crippen LogP contribution in [0.1, 0.15) is 29.9 Å². The van der Waals surface area contributed by atoms with Gasteiger partial charge in [0.1, 0.15) is 0 Å². The van der Waals surface area contributed by atoms with Gasteiger partial charge in [-0.3, -0.25) is 9.59 Å². The summed E-state index contributed by atoms with van der Waals surface area (Å²) in [4.78, 5) is 27.6. The van der Waals surface area contributed by atoms with Crippen molar-refractivity contribution in [3.05, 3.63) is 70.7 Å². The molecule has 0 bridgehead atoms. The summed E-state index contributed by atoms with van der Waals surface area (Å²) in [5.74, 6) is -0.515. The van der Waals surface area contributed by atoms with Gasteiger partial charge in [0.05, 0.1) is 18.4 Å². The minimum atomic E-state index is -0.461. The molecule has 2 fully saturated rings. The number of nitrogens with zero attached hydrogens (tertiary/aromatic N) is 1. The van der Waals surface area contributed by atoms with Gasteiger partial charge in [-0.05, 0) is 36.1 Å². The second kappa shape index (κ2) is 7.01. The number of hydrogen-bond acceptors (Lipinski definition) is 3. The lowest BCUT2D eigenvalue weighted by atomic mass is 9.89. The summed E-state index contributed by atoms with van der Waals surface area (Å²) in [6.45, 7) is 0.943. The highest BCUT2D eigenvalue weighted by Gasteiger charge is 2.55. The predicted molar refractivity (Wildman–Crippen MR) is 104 cm³/mol. The SMILES string of the molecule is COC(=O)[C@@H]1CN(C(=O)C2(c3ccc(Cl)cc3)CC2)C[C@H]1c1ccccc1. The molecule has 140 valence electrons. The highest BCUT2D eigenvalue weighted by molar-refractivity contribution is 6.30. The number of rotatable bonds is 4. The first-order valence-corrected chi connectivity index (χ1v) is 9.61. The van der Waals surface area contributed by atoms with Crippen LogP contribution < -0.4 is 0 Å². The highest BCUT2D eigenvalue weighted by Crippen LogP contribution is 2.51. The molecule has 1 heterocycles. The normalized spacial score (nSPS) is 23.1. The number of ether oxygens (including phenoxy) is 1. The van der Waals surface area contributed by atoms with Crippen LogP contribution in [0, 0.1) is 5.92 Å². The lowest BCUT2D eigenvalue weighted by Gasteiger charge is -2.23. The molecule has 0 radical (unpaired) electrons. The molecule has 1 saturated heterocycles. The summed E-state index contributed by atoms with van der Waals surface area (Å²) in [6, 6.07) is 17.5. The zero-order valence-electron chi connectivity index (χ0n) is 15.2. The molecule has 0 unspecified atom stereocenters. The van der Waals surface area contributed by atoms with Gasteiger partial charge < -0.3 is 9.64 Å². The Balaban J connectivity index is 1.60. The van der Waals surface area contributed by atoms with E-state index in [0.29, 0.717) is 18.1 Å². The van der Waals surface area contributed by atoms with Gasteiger partial charge in [0.2, 0.25) is 5.91 Å². The molecule has 2 aromatic carbocycles. The Hall–Kier alpha value is -2.33. The largest absolute Gasteiger partial charge is 0.469 e.